The molecular weight excluding hydrogens is 520 g/mol. The second-order valence-corrected chi connectivity index (χ2v) is 12.8. The maximum absolute atomic E-state index is 6.69. The van der Waals surface area contributed by atoms with Crippen molar-refractivity contribution in [1.82, 2.24) is 0 Å². The molecule has 0 N–H and O–H groups in total. The maximum Gasteiger partial charge on any atom is 0.135 e. The lowest BCUT2D eigenvalue weighted by atomic mass is 9.85. The molecule has 2 aliphatic rings. The highest BCUT2D eigenvalue weighted by Gasteiger charge is 2.36. The fourth-order valence-corrected chi connectivity index (χ4v) is 6.59. The van der Waals surface area contributed by atoms with Crippen LogP contribution in [0.5, 0.6) is 11.5 Å². The standard InChI is InChI=1S/C38H34O4/c1-37(19-39-20-37)23-41-35-29-15-7-3-11-25(29)33(26-12-4-8-16-30(26)35)34-27-13-5-9-17-31(27)36(32-18-10-6-14-28(32)34)42-24-38(2)21-40-22-38/h3-18H,19-24H2,1-2H3. The van der Waals surface area contributed by atoms with Crippen LogP contribution in [-0.2, 0) is 9.47 Å². The van der Waals surface area contributed by atoms with Gasteiger partial charge in [-0.3, -0.25) is 0 Å². The molecule has 0 saturated carbocycles. The van der Waals surface area contributed by atoms with Crippen LogP contribution in [0.1, 0.15) is 13.8 Å². The molecule has 4 heteroatoms. The Morgan fingerprint density at radius 2 is 0.714 bits per heavy atom. The normalized spacial score (nSPS) is 17.3. The fraction of sp³-hybridized carbons (Fsp3) is 0.263. The Morgan fingerprint density at radius 3 is 0.952 bits per heavy atom. The van der Waals surface area contributed by atoms with Crippen LogP contribution in [0, 0.1) is 10.8 Å². The van der Waals surface area contributed by atoms with Gasteiger partial charge in [0.1, 0.15) is 11.5 Å². The van der Waals surface area contributed by atoms with E-state index in [0.717, 1.165) is 59.5 Å². The lowest BCUT2D eigenvalue weighted by Crippen LogP contribution is -2.44. The molecule has 2 aliphatic heterocycles. The largest absolute Gasteiger partial charge is 0.492 e. The first-order valence-electron chi connectivity index (χ1n) is 14.8. The third-order valence-electron chi connectivity index (χ3n) is 8.95. The van der Waals surface area contributed by atoms with E-state index in [4.69, 9.17) is 18.9 Å². The van der Waals surface area contributed by atoms with Gasteiger partial charge in [0, 0.05) is 32.4 Å². The van der Waals surface area contributed by atoms with Crippen LogP contribution < -0.4 is 9.47 Å². The molecule has 0 aliphatic carbocycles. The molecule has 0 spiro atoms. The highest BCUT2D eigenvalue weighted by Crippen LogP contribution is 2.50. The number of fused-ring (bicyclic) bond motifs is 4. The van der Waals surface area contributed by atoms with Crippen LogP contribution in [0.15, 0.2) is 97.1 Å². The molecule has 0 radical (unpaired) electrons. The molecule has 2 heterocycles. The molecular formula is C38H34O4. The van der Waals surface area contributed by atoms with E-state index >= 15 is 0 Å². The molecule has 0 bridgehead atoms. The number of hydrogen-bond acceptors (Lipinski definition) is 4. The Bertz CT molecular complexity index is 1720. The molecule has 6 aromatic rings. The van der Waals surface area contributed by atoms with Gasteiger partial charge in [0.05, 0.1) is 39.6 Å². The van der Waals surface area contributed by atoms with Gasteiger partial charge >= 0.3 is 0 Å². The van der Waals surface area contributed by atoms with Gasteiger partial charge in [-0.25, -0.2) is 0 Å². The summed E-state index contributed by atoms with van der Waals surface area (Å²) < 4.78 is 24.4. The lowest BCUT2D eigenvalue weighted by molar-refractivity contribution is -0.120. The van der Waals surface area contributed by atoms with Gasteiger partial charge < -0.3 is 18.9 Å². The van der Waals surface area contributed by atoms with Crippen LogP contribution in [0.25, 0.3) is 54.2 Å². The molecule has 2 saturated heterocycles. The Balaban J connectivity index is 1.42. The van der Waals surface area contributed by atoms with Gasteiger partial charge in [-0.05, 0) is 32.7 Å². The molecule has 8 rings (SSSR count). The van der Waals surface area contributed by atoms with Gasteiger partial charge in [-0.15, -0.1) is 0 Å². The van der Waals surface area contributed by atoms with Crippen molar-refractivity contribution in [2.45, 2.75) is 13.8 Å². The predicted molar refractivity (Wildman–Crippen MR) is 171 cm³/mol. The van der Waals surface area contributed by atoms with E-state index in [0.29, 0.717) is 13.2 Å². The Labute approximate surface area is 245 Å². The van der Waals surface area contributed by atoms with E-state index in [1.54, 1.807) is 0 Å². The van der Waals surface area contributed by atoms with E-state index in [1.165, 1.54) is 32.7 Å². The summed E-state index contributed by atoms with van der Waals surface area (Å²) in [4.78, 5) is 0. The minimum absolute atomic E-state index is 0.0474. The third-order valence-corrected chi connectivity index (χ3v) is 8.95. The van der Waals surface area contributed by atoms with Crippen molar-refractivity contribution in [3.8, 4) is 22.6 Å². The van der Waals surface area contributed by atoms with Crippen LogP contribution >= 0.6 is 0 Å². The van der Waals surface area contributed by atoms with Crippen LogP contribution in [0.4, 0.5) is 0 Å². The van der Waals surface area contributed by atoms with Crippen molar-refractivity contribution in [1.29, 1.82) is 0 Å². The molecule has 42 heavy (non-hydrogen) atoms. The molecule has 2 fully saturated rings. The Kier molecular flexibility index (Phi) is 5.92. The molecule has 0 unspecified atom stereocenters. The van der Waals surface area contributed by atoms with E-state index in [2.05, 4.69) is 111 Å². The first-order chi connectivity index (χ1) is 20.5. The summed E-state index contributed by atoms with van der Waals surface area (Å²) in [6, 6.07) is 34.7. The monoisotopic (exact) mass is 554 g/mol. The molecule has 0 amide bonds. The first kappa shape index (κ1) is 25.6. The number of rotatable bonds is 7. The average Bonchev–Trinajstić information content (AvgIpc) is 3.00. The minimum atomic E-state index is 0.0474. The summed E-state index contributed by atoms with van der Waals surface area (Å²) in [6.45, 7) is 8.66. The zero-order valence-electron chi connectivity index (χ0n) is 24.1. The summed E-state index contributed by atoms with van der Waals surface area (Å²) in [7, 11) is 0. The summed E-state index contributed by atoms with van der Waals surface area (Å²) in [5, 5.41) is 9.24. The van der Waals surface area contributed by atoms with Gasteiger partial charge in [0.15, 0.2) is 0 Å². The predicted octanol–water partition coefficient (Wildman–Crippen LogP) is 8.80. The SMILES string of the molecule is CC1(COc2c3ccccc3c(-c3c4ccccc4c(OCC4(C)COC4)c4ccccc34)c3ccccc23)COC1. The molecule has 6 aromatic carbocycles. The highest BCUT2D eigenvalue weighted by molar-refractivity contribution is 6.26. The minimum Gasteiger partial charge on any atom is -0.492 e. The van der Waals surface area contributed by atoms with E-state index in [1.807, 2.05) is 0 Å². The average molecular weight is 555 g/mol. The fourth-order valence-electron chi connectivity index (χ4n) is 6.59. The van der Waals surface area contributed by atoms with Gasteiger partial charge in [-0.2, -0.15) is 0 Å². The maximum atomic E-state index is 6.69. The summed E-state index contributed by atoms with van der Waals surface area (Å²) in [6.07, 6.45) is 0. The molecule has 210 valence electrons. The van der Waals surface area contributed by atoms with Crippen LogP contribution in [-0.4, -0.2) is 39.6 Å². The second kappa shape index (κ2) is 9.72. The van der Waals surface area contributed by atoms with Crippen LogP contribution in [0.2, 0.25) is 0 Å². The van der Waals surface area contributed by atoms with Gasteiger partial charge in [0.25, 0.3) is 0 Å². The van der Waals surface area contributed by atoms with Gasteiger partial charge in [-0.1, -0.05) is 111 Å². The van der Waals surface area contributed by atoms with E-state index in [9.17, 15) is 0 Å². The summed E-state index contributed by atoms with van der Waals surface area (Å²) >= 11 is 0. The lowest BCUT2D eigenvalue weighted by Gasteiger charge is -2.38. The van der Waals surface area contributed by atoms with Crippen molar-refractivity contribution in [3.63, 3.8) is 0 Å². The third kappa shape index (κ3) is 4.05. The topological polar surface area (TPSA) is 36.9 Å². The molecule has 0 aromatic heterocycles. The van der Waals surface area contributed by atoms with Gasteiger partial charge in [0.2, 0.25) is 0 Å². The van der Waals surface area contributed by atoms with Crippen molar-refractivity contribution < 1.29 is 18.9 Å². The Hall–Kier alpha value is -4.12. The Morgan fingerprint density at radius 1 is 0.452 bits per heavy atom. The summed E-state index contributed by atoms with van der Waals surface area (Å²) in [5.74, 6) is 1.89. The van der Waals surface area contributed by atoms with Crippen molar-refractivity contribution in [2.75, 3.05) is 39.6 Å². The smallest absolute Gasteiger partial charge is 0.135 e. The van der Waals surface area contributed by atoms with Crippen LogP contribution in [0.3, 0.4) is 0 Å². The number of hydrogen-bond donors (Lipinski definition) is 0. The zero-order valence-corrected chi connectivity index (χ0v) is 24.1. The zero-order chi connectivity index (χ0) is 28.3. The van der Waals surface area contributed by atoms with Crippen molar-refractivity contribution >= 4 is 43.1 Å². The molecule has 4 nitrogen and oxygen atoms in total. The second-order valence-electron chi connectivity index (χ2n) is 12.8. The van der Waals surface area contributed by atoms with Crippen molar-refractivity contribution in [2.24, 2.45) is 10.8 Å². The molecule has 0 atom stereocenters. The van der Waals surface area contributed by atoms with Crippen molar-refractivity contribution in [3.05, 3.63) is 97.1 Å². The van der Waals surface area contributed by atoms with E-state index in [-0.39, 0.29) is 10.8 Å². The number of benzene rings is 6. The summed E-state index contributed by atoms with van der Waals surface area (Å²) in [5.41, 5.74) is 2.55. The van der Waals surface area contributed by atoms with E-state index < -0.39 is 0 Å². The quantitative estimate of drug-likeness (QED) is 0.185. The first-order valence-corrected chi connectivity index (χ1v) is 14.8. The number of ether oxygens (including phenoxy) is 4. The highest BCUT2D eigenvalue weighted by atomic mass is 16.5.